The third kappa shape index (κ3) is 2.59. The number of benzene rings is 1. The average molecular weight is 333 g/mol. The van der Waals surface area contributed by atoms with Gasteiger partial charge in [0.05, 0.1) is 0 Å². The molecule has 2 bridgehead atoms. The third-order valence-electron chi connectivity index (χ3n) is 6.01. The molecule has 3 fully saturated rings. The van der Waals surface area contributed by atoms with E-state index in [2.05, 4.69) is 56.4 Å². The summed E-state index contributed by atoms with van der Waals surface area (Å²) in [5, 5.41) is 4.81. The molecule has 3 aliphatic rings. The molecule has 128 valence electrons. The summed E-state index contributed by atoms with van der Waals surface area (Å²) in [5.74, 6) is 1.50. The van der Waals surface area contributed by atoms with E-state index in [0.717, 1.165) is 28.5 Å². The van der Waals surface area contributed by atoms with E-state index in [9.17, 15) is 0 Å². The van der Waals surface area contributed by atoms with Crippen molar-refractivity contribution in [2.45, 2.75) is 31.8 Å². The number of hydrogen-bond acceptors (Lipinski definition) is 4. The van der Waals surface area contributed by atoms with Crippen LogP contribution in [-0.2, 0) is 0 Å². The smallest absolute Gasteiger partial charge is 0.222 e. The van der Waals surface area contributed by atoms with E-state index in [1.165, 1.54) is 31.3 Å². The van der Waals surface area contributed by atoms with Gasteiger partial charge < -0.3 is 10.3 Å². The summed E-state index contributed by atoms with van der Waals surface area (Å²) >= 11 is 0. The lowest BCUT2D eigenvalue weighted by molar-refractivity contribution is 0.0455. The Labute approximate surface area is 147 Å². The Morgan fingerprint density at radius 3 is 2.64 bits per heavy atom. The minimum absolute atomic E-state index is 0.463. The summed E-state index contributed by atoms with van der Waals surface area (Å²) in [4.78, 5) is 15.0. The molecule has 0 radical (unpaired) electrons. The van der Waals surface area contributed by atoms with Crippen molar-refractivity contribution in [2.75, 3.05) is 18.4 Å². The van der Waals surface area contributed by atoms with Gasteiger partial charge in [-0.25, -0.2) is 9.97 Å². The molecule has 3 aromatic rings. The average Bonchev–Trinajstić information content (AvgIpc) is 3.13. The monoisotopic (exact) mass is 333 g/mol. The summed E-state index contributed by atoms with van der Waals surface area (Å²) in [6, 6.07) is 9.50. The normalized spacial score (nSPS) is 28.4. The Kier molecular flexibility index (Phi) is 3.48. The number of aromatic amines is 1. The number of nitrogens with zero attached hydrogens (tertiary/aromatic N) is 3. The Hall–Kier alpha value is -2.40. The molecule has 2 aromatic heterocycles. The van der Waals surface area contributed by atoms with Gasteiger partial charge in [0, 0.05) is 41.8 Å². The van der Waals surface area contributed by atoms with Crippen molar-refractivity contribution >= 4 is 16.9 Å². The van der Waals surface area contributed by atoms with Gasteiger partial charge in [-0.05, 0) is 67.9 Å². The highest BCUT2D eigenvalue weighted by molar-refractivity contribution is 5.84. The molecule has 2 atom stereocenters. The fourth-order valence-corrected chi connectivity index (χ4v) is 4.48. The molecule has 5 heteroatoms. The number of H-pyrrole nitrogens is 1. The fraction of sp³-hybridized carbons (Fsp3) is 0.400. The second kappa shape index (κ2) is 5.85. The van der Waals surface area contributed by atoms with Gasteiger partial charge in [0.25, 0.3) is 0 Å². The van der Waals surface area contributed by atoms with Crippen LogP contribution in [0.2, 0.25) is 0 Å². The van der Waals surface area contributed by atoms with Gasteiger partial charge in [-0.3, -0.25) is 4.90 Å². The number of aromatic nitrogens is 3. The highest BCUT2D eigenvalue weighted by Crippen LogP contribution is 2.33. The van der Waals surface area contributed by atoms with Crippen LogP contribution in [0.5, 0.6) is 0 Å². The Morgan fingerprint density at radius 1 is 1.08 bits per heavy atom. The van der Waals surface area contributed by atoms with Crippen molar-refractivity contribution in [3.63, 3.8) is 0 Å². The van der Waals surface area contributed by atoms with Crippen LogP contribution >= 0.6 is 0 Å². The Morgan fingerprint density at radius 2 is 1.88 bits per heavy atom. The molecule has 0 aliphatic carbocycles. The predicted molar refractivity (Wildman–Crippen MR) is 100 cm³/mol. The van der Waals surface area contributed by atoms with Crippen LogP contribution in [0.3, 0.4) is 0 Å². The number of nitrogens with one attached hydrogen (secondary N) is 2. The molecule has 0 amide bonds. The zero-order valence-corrected chi connectivity index (χ0v) is 14.4. The lowest BCUT2D eigenvalue weighted by Gasteiger charge is -2.49. The van der Waals surface area contributed by atoms with Crippen molar-refractivity contribution in [3.05, 3.63) is 42.9 Å². The van der Waals surface area contributed by atoms with Gasteiger partial charge in [-0.15, -0.1) is 0 Å². The van der Waals surface area contributed by atoms with Crippen LogP contribution < -0.4 is 5.32 Å². The third-order valence-corrected chi connectivity index (χ3v) is 6.01. The molecule has 5 nitrogen and oxygen atoms in total. The maximum atomic E-state index is 4.59. The first-order valence-electron chi connectivity index (χ1n) is 9.18. The molecule has 0 saturated carbocycles. The summed E-state index contributed by atoms with van der Waals surface area (Å²) < 4.78 is 0. The molecule has 0 spiro atoms. The zero-order valence-electron chi connectivity index (χ0n) is 14.4. The van der Waals surface area contributed by atoms with Crippen molar-refractivity contribution in [1.82, 2.24) is 19.9 Å². The summed E-state index contributed by atoms with van der Waals surface area (Å²) in [6.45, 7) is 4.81. The molecule has 5 heterocycles. The maximum absolute atomic E-state index is 4.59. The van der Waals surface area contributed by atoms with E-state index in [1.54, 1.807) is 0 Å². The lowest BCUT2D eigenvalue weighted by atomic mass is 9.79. The summed E-state index contributed by atoms with van der Waals surface area (Å²) in [5.41, 5.74) is 3.35. The quantitative estimate of drug-likeness (QED) is 0.770. The molecular formula is C20H23N5. The minimum Gasteiger partial charge on any atom is -0.361 e. The largest absolute Gasteiger partial charge is 0.361 e. The molecule has 25 heavy (non-hydrogen) atoms. The van der Waals surface area contributed by atoms with Gasteiger partial charge in [0.15, 0.2) is 0 Å². The number of fused-ring (bicyclic) bond motifs is 4. The number of hydrogen-bond donors (Lipinski definition) is 2. The molecule has 3 aliphatic heterocycles. The molecule has 3 saturated heterocycles. The van der Waals surface area contributed by atoms with E-state index in [-0.39, 0.29) is 0 Å². The van der Waals surface area contributed by atoms with Gasteiger partial charge in [-0.1, -0.05) is 6.07 Å². The van der Waals surface area contributed by atoms with Crippen LogP contribution in [0.4, 0.5) is 5.95 Å². The maximum Gasteiger partial charge on any atom is 0.222 e. The summed E-state index contributed by atoms with van der Waals surface area (Å²) in [7, 11) is 0. The second-order valence-electron chi connectivity index (χ2n) is 7.36. The number of piperidine rings is 3. The zero-order chi connectivity index (χ0) is 16.8. The Bertz CT molecular complexity index is 874. The van der Waals surface area contributed by atoms with Crippen molar-refractivity contribution < 1.29 is 0 Å². The van der Waals surface area contributed by atoms with Gasteiger partial charge in [0.1, 0.15) is 0 Å². The van der Waals surface area contributed by atoms with E-state index in [0.29, 0.717) is 12.1 Å². The van der Waals surface area contributed by atoms with Crippen LogP contribution in [0.25, 0.3) is 22.0 Å². The van der Waals surface area contributed by atoms with Crippen LogP contribution in [0.1, 0.15) is 19.8 Å². The Balaban J connectivity index is 1.36. The standard InChI is InChI=1S/C20H23N5/c1-13-19(14-5-8-25(13)9-6-14)24-20-22-11-17(12-23-20)15-2-3-18-16(10-15)4-7-21-18/h2-4,7,10-14,19,21H,5-6,8-9H2,1H3,(H,22,23,24)/t13-,19-/m1/s1. The van der Waals surface area contributed by atoms with Gasteiger partial charge >= 0.3 is 0 Å². The predicted octanol–water partition coefficient (Wildman–Crippen LogP) is 3.52. The van der Waals surface area contributed by atoms with Crippen molar-refractivity contribution in [1.29, 1.82) is 0 Å². The molecule has 2 N–H and O–H groups in total. The molecule has 6 rings (SSSR count). The van der Waals surface area contributed by atoms with Crippen molar-refractivity contribution in [3.8, 4) is 11.1 Å². The van der Waals surface area contributed by atoms with Crippen molar-refractivity contribution in [2.24, 2.45) is 5.92 Å². The molecular weight excluding hydrogens is 310 g/mol. The van der Waals surface area contributed by atoms with Gasteiger partial charge in [0.2, 0.25) is 5.95 Å². The molecule has 1 aromatic carbocycles. The summed E-state index contributed by atoms with van der Waals surface area (Å²) in [6.07, 6.45) is 8.39. The van der Waals surface area contributed by atoms with Crippen LogP contribution in [-0.4, -0.2) is 45.0 Å². The number of rotatable bonds is 3. The minimum atomic E-state index is 0.463. The lowest BCUT2D eigenvalue weighted by Crippen LogP contribution is -2.59. The van der Waals surface area contributed by atoms with Gasteiger partial charge in [-0.2, -0.15) is 0 Å². The highest BCUT2D eigenvalue weighted by Gasteiger charge is 2.39. The van der Waals surface area contributed by atoms with Crippen LogP contribution in [0.15, 0.2) is 42.9 Å². The molecule has 0 unspecified atom stereocenters. The van der Waals surface area contributed by atoms with E-state index in [4.69, 9.17) is 0 Å². The van der Waals surface area contributed by atoms with E-state index >= 15 is 0 Å². The first-order chi connectivity index (χ1) is 12.3. The van der Waals surface area contributed by atoms with E-state index < -0.39 is 0 Å². The first kappa shape index (κ1) is 14.9. The fourth-order valence-electron chi connectivity index (χ4n) is 4.48. The second-order valence-corrected chi connectivity index (χ2v) is 7.36. The highest BCUT2D eigenvalue weighted by atomic mass is 15.2. The van der Waals surface area contributed by atoms with Crippen LogP contribution in [0, 0.1) is 5.92 Å². The number of anilines is 1. The SMILES string of the molecule is C[C@@H]1[C@@H](Nc2ncc(-c3ccc4[nH]ccc4c3)cn2)C2CCN1CC2. The van der Waals surface area contributed by atoms with E-state index in [1.807, 2.05) is 18.6 Å². The topological polar surface area (TPSA) is 56.8 Å². The first-order valence-corrected chi connectivity index (χ1v) is 9.18.